The lowest BCUT2D eigenvalue weighted by atomic mass is 10.2. The average Bonchev–Trinajstić information content (AvgIpc) is 2.83. The van der Waals surface area contributed by atoms with E-state index >= 15 is 0 Å². The van der Waals surface area contributed by atoms with Gasteiger partial charge in [-0.25, -0.2) is 0 Å². The second-order valence-corrected chi connectivity index (χ2v) is 4.50. The molecule has 3 heteroatoms. The number of phenolic OH excluding ortho intramolecular Hbond substituents is 1. The molecule has 0 aliphatic rings. The number of benzene rings is 2. The Balaban J connectivity index is 1.97. The normalized spacial score (nSPS) is 10.5. The van der Waals surface area contributed by atoms with Crippen molar-refractivity contribution >= 4 is 10.9 Å². The zero-order chi connectivity index (χ0) is 13.2. The molecule has 0 unspecified atom stereocenters. The lowest BCUT2D eigenvalue weighted by Crippen LogP contribution is -1.97. The molecule has 0 saturated carbocycles. The van der Waals surface area contributed by atoms with E-state index in [0.29, 0.717) is 5.56 Å². The molecule has 3 aromatic rings. The highest BCUT2D eigenvalue weighted by Crippen LogP contribution is 2.19. The molecular weight excluding hydrogens is 236 g/mol. The van der Waals surface area contributed by atoms with Crippen molar-refractivity contribution < 1.29 is 5.11 Å². The average molecular weight is 248 g/mol. The quantitative estimate of drug-likeness (QED) is 0.756. The SMILES string of the molecule is N#Cc1ccc2c(ccn2Cc2ccc(O)cc2)c1. The van der Waals surface area contributed by atoms with Crippen molar-refractivity contribution in [3.05, 3.63) is 65.9 Å². The van der Waals surface area contributed by atoms with Crippen LogP contribution in [0.1, 0.15) is 11.1 Å². The minimum absolute atomic E-state index is 0.278. The van der Waals surface area contributed by atoms with Gasteiger partial charge in [-0.05, 0) is 42.0 Å². The van der Waals surface area contributed by atoms with Crippen molar-refractivity contribution in [2.75, 3.05) is 0 Å². The molecule has 0 amide bonds. The van der Waals surface area contributed by atoms with E-state index in [4.69, 9.17) is 5.26 Å². The van der Waals surface area contributed by atoms with E-state index in [9.17, 15) is 5.11 Å². The number of aromatic hydroxyl groups is 1. The first-order valence-corrected chi connectivity index (χ1v) is 6.03. The molecule has 0 spiro atoms. The van der Waals surface area contributed by atoms with Crippen LogP contribution in [-0.4, -0.2) is 9.67 Å². The van der Waals surface area contributed by atoms with E-state index < -0.39 is 0 Å². The largest absolute Gasteiger partial charge is 0.508 e. The van der Waals surface area contributed by atoms with Gasteiger partial charge in [0, 0.05) is 23.6 Å². The molecule has 92 valence electrons. The maximum atomic E-state index is 9.27. The standard InChI is InChI=1S/C16H12N2O/c17-10-13-3-6-16-14(9-13)7-8-18(16)11-12-1-4-15(19)5-2-12/h1-9,19H,11H2. The van der Waals surface area contributed by atoms with Crippen LogP contribution in [0.25, 0.3) is 10.9 Å². The highest BCUT2D eigenvalue weighted by molar-refractivity contribution is 5.81. The molecule has 2 aromatic carbocycles. The van der Waals surface area contributed by atoms with Crippen LogP contribution in [0.2, 0.25) is 0 Å². The number of rotatable bonds is 2. The third-order valence-corrected chi connectivity index (χ3v) is 3.19. The first-order valence-electron chi connectivity index (χ1n) is 6.03. The second-order valence-electron chi connectivity index (χ2n) is 4.50. The summed E-state index contributed by atoms with van der Waals surface area (Å²) in [4.78, 5) is 0. The predicted octanol–water partition coefficient (Wildman–Crippen LogP) is 3.27. The molecule has 0 aliphatic carbocycles. The summed E-state index contributed by atoms with van der Waals surface area (Å²) in [5.41, 5.74) is 2.90. The van der Waals surface area contributed by atoms with E-state index in [-0.39, 0.29) is 5.75 Å². The van der Waals surface area contributed by atoms with Crippen LogP contribution in [-0.2, 0) is 6.54 Å². The molecule has 0 saturated heterocycles. The first kappa shape index (κ1) is 11.4. The highest BCUT2D eigenvalue weighted by atomic mass is 16.3. The Hall–Kier alpha value is -2.73. The zero-order valence-corrected chi connectivity index (χ0v) is 10.2. The van der Waals surface area contributed by atoms with E-state index in [1.165, 1.54) is 0 Å². The van der Waals surface area contributed by atoms with Gasteiger partial charge in [-0.2, -0.15) is 5.26 Å². The van der Waals surface area contributed by atoms with Gasteiger partial charge in [0.1, 0.15) is 5.75 Å². The van der Waals surface area contributed by atoms with Crippen LogP contribution in [0.15, 0.2) is 54.7 Å². The molecule has 0 fully saturated rings. The monoisotopic (exact) mass is 248 g/mol. The van der Waals surface area contributed by atoms with E-state index in [1.54, 1.807) is 12.1 Å². The van der Waals surface area contributed by atoms with Crippen LogP contribution in [0.5, 0.6) is 5.75 Å². The van der Waals surface area contributed by atoms with Crippen molar-refractivity contribution in [3.8, 4) is 11.8 Å². The Morgan fingerprint density at radius 3 is 2.58 bits per heavy atom. The van der Waals surface area contributed by atoms with Gasteiger partial charge in [-0.3, -0.25) is 0 Å². The van der Waals surface area contributed by atoms with E-state index in [2.05, 4.69) is 10.6 Å². The minimum Gasteiger partial charge on any atom is -0.508 e. The summed E-state index contributed by atoms with van der Waals surface area (Å²) in [6, 6.07) is 17.0. The molecule has 0 aliphatic heterocycles. The fourth-order valence-corrected chi connectivity index (χ4v) is 2.21. The third-order valence-electron chi connectivity index (χ3n) is 3.19. The van der Waals surface area contributed by atoms with Crippen LogP contribution < -0.4 is 0 Å². The fourth-order valence-electron chi connectivity index (χ4n) is 2.21. The van der Waals surface area contributed by atoms with Gasteiger partial charge >= 0.3 is 0 Å². The summed E-state index contributed by atoms with van der Waals surface area (Å²) >= 11 is 0. The number of aromatic nitrogens is 1. The number of nitrogens with zero attached hydrogens (tertiary/aromatic N) is 2. The first-order chi connectivity index (χ1) is 9.26. The van der Waals surface area contributed by atoms with Crippen molar-refractivity contribution in [2.45, 2.75) is 6.54 Å². The minimum atomic E-state index is 0.278. The van der Waals surface area contributed by atoms with Gasteiger partial charge in [0.25, 0.3) is 0 Å². The van der Waals surface area contributed by atoms with Crippen LogP contribution in [0, 0.1) is 11.3 Å². The Kier molecular flexibility index (Phi) is 2.70. The van der Waals surface area contributed by atoms with Crippen LogP contribution in [0.3, 0.4) is 0 Å². The van der Waals surface area contributed by atoms with Crippen LogP contribution >= 0.6 is 0 Å². The number of hydrogen-bond donors (Lipinski definition) is 1. The van der Waals surface area contributed by atoms with Gasteiger partial charge < -0.3 is 9.67 Å². The molecule has 1 N–H and O–H groups in total. The Morgan fingerprint density at radius 2 is 1.84 bits per heavy atom. The summed E-state index contributed by atoms with van der Waals surface area (Å²) in [6.45, 7) is 0.746. The Bertz CT molecular complexity index is 764. The molecule has 0 bridgehead atoms. The smallest absolute Gasteiger partial charge is 0.115 e. The lowest BCUT2D eigenvalue weighted by Gasteiger charge is -2.06. The van der Waals surface area contributed by atoms with Crippen molar-refractivity contribution in [2.24, 2.45) is 0 Å². The Labute approximate surface area is 111 Å². The highest BCUT2D eigenvalue weighted by Gasteiger charge is 2.03. The van der Waals surface area contributed by atoms with Crippen molar-refractivity contribution in [1.29, 1.82) is 5.26 Å². The maximum Gasteiger partial charge on any atom is 0.115 e. The third kappa shape index (κ3) is 2.16. The lowest BCUT2D eigenvalue weighted by molar-refractivity contribution is 0.475. The zero-order valence-electron chi connectivity index (χ0n) is 10.2. The molecule has 1 aromatic heterocycles. The predicted molar refractivity (Wildman–Crippen MR) is 73.9 cm³/mol. The number of hydrogen-bond acceptors (Lipinski definition) is 2. The molecule has 0 radical (unpaired) electrons. The topological polar surface area (TPSA) is 49.0 Å². The summed E-state index contributed by atoms with van der Waals surface area (Å²) in [6.07, 6.45) is 2.01. The van der Waals surface area contributed by atoms with Crippen LogP contribution in [0.4, 0.5) is 0 Å². The molecule has 1 heterocycles. The summed E-state index contributed by atoms with van der Waals surface area (Å²) in [5.74, 6) is 0.278. The fraction of sp³-hybridized carbons (Fsp3) is 0.0625. The molecule has 3 rings (SSSR count). The molecular formula is C16H12N2O. The van der Waals surface area contributed by atoms with Gasteiger partial charge in [0.15, 0.2) is 0 Å². The summed E-state index contributed by atoms with van der Waals surface area (Å²) < 4.78 is 2.13. The number of fused-ring (bicyclic) bond motifs is 1. The number of phenols is 1. The molecule has 0 atom stereocenters. The van der Waals surface area contributed by atoms with Gasteiger partial charge in [0.2, 0.25) is 0 Å². The summed E-state index contributed by atoms with van der Waals surface area (Å²) in [7, 11) is 0. The van der Waals surface area contributed by atoms with Gasteiger partial charge in [-0.15, -0.1) is 0 Å². The summed E-state index contributed by atoms with van der Waals surface area (Å²) in [5, 5.41) is 19.2. The number of nitriles is 1. The Morgan fingerprint density at radius 1 is 1.05 bits per heavy atom. The van der Waals surface area contributed by atoms with Gasteiger partial charge in [-0.1, -0.05) is 12.1 Å². The molecule has 19 heavy (non-hydrogen) atoms. The molecule has 3 nitrogen and oxygen atoms in total. The van der Waals surface area contributed by atoms with E-state index in [1.807, 2.05) is 42.6 Å². The second kappa shape index (κ2) is 4.51. The van der Waals surface area contributed by atoms with Crippen molar-refractivity contribution in [3.63, 3.8) is 0 Å². The maximum absolute atomic E-state index is 9.27. The van der Waals surface area contributed by atoms with Crippen molar-refractivity contribution in [1.82, 2.24) is 4.57 Å². The van der Waals surface area contributed by atoms with E-state index in [0.717, 1.165) is 23.0 Å². The van der Waals surface area contributed by atoms with Gasteiger partial charge in [0.05, 0.1) is 11.6 Å².